The number of hydrogen-bond acceptors (Lipinski definition) is 2. The van der Waals surface area contributed by atoms with Crippen molar-refractivity contribution < 1.29 is 9.50 Å². The fraction of sp³-hybridized carbons (Fsp3) is 0.333. The minimum Gasteiger partial charge on any atom is -0.389 e. The van der Waals surface area contributed by atoms with Gasteiger partial charge in [0.05, 0.1) is 6.10 Å². The highest BCUT2D eigenvalue weighted by Gasteiger charge is 2.17. The zero-order chi connectivity index (χ0) is 15.7. The lowest BCUT2D eigenvalue weighted by Crippen LogP contribution is -2.15. The van der Waals surface area contributed by atoms with E-state index in [4.69, 9.17) is 0 Å². The molecule has 0 saturated heterocycles. The molecule has 0 aliphatic heterocycles. The third-order valence-electron chi connectivity index (χ3n) is 3.83. The van der Waals surface area contributed by atoms with Gasteiger partial charge in [0.25, 0.3) is 0 Å². The molecule has 0 amide bonds. The Morgan fingerprint density at radius 3 is 2.24 bits per heavy atom. The quantitative estimate of drug-likeness (QED) is 0.893. The first-order valence-corrected chi connectivity index (χ1v) is 7.10. The molecule has 0 aliphatic carbocycles. The van der Waals surface area contributed by atoms with Crippen LogP contribution in [-0.2, 0) is 0 Å². The van der Waals surface area contributed by atoms with Gasteiger partial charge in [-0.05, 0) is 57.0 Å². The van der Waals surface area contributed by atoms with Crippen LogP contribution in [-0.4, -0.2) is 12.2 Å². The highest BCUT2D eigenvalue weighted by Crippen LogP contribution is 2.34. The lowest BCUT2D eigenvalue weighted by atomic mass is 10.0. The molecule has 0 spiro atoms. The van der Waals surface area contributed by atoms with Gasteiger partial charge in [-0.15, -0.1) is 0 Å². The van der Waals surface area contributed by atoms with Gasteiger partial charge in [-0.3, -0.25) is 0 Å². The van der Waals surface area contributed by atoms with E-state index in [2.05, 4.69) is 32.0 Å². The molecule has 0 radical (unpaired) electrons. The van der Waals surface area contributed by atoms with E-state index in [1.54, 1.807) is 19.9 Å². The minimum absolute atomic E-state index is 0.288. The van der Waals surface area contributed by atoms with Gasteiger partial charge in [0.1, 0.15) is 5.82 Å². The van der Waals surface area contributed by atoms with Gasteiger partial charge in [0.15, 0.2) is 0 Å². The largest absolute Gasteiger partial charge is 0.389 e. The molecule has 112 valence electrons. The fourth-order valence-electron chi connectivity index (χ4n) is 2.62. The molecule has 1 N–H and O–H groups in total. The Morgan fingerprint density at radius 2 is 1.67 bits per heavy atom. The van der Waals surface area contributed by atoms with Crippen molar-refractivity contribution in [2.75, 3.05) is 11.9 Å². The molecule has 2 nitrogen and oxygen atoms in total. The number of nitrogens with zero attached hydrogens (tertiary/aromatic N) is 1. The lowest BCUT2D eigenvalue weighted by molar-refractivity contribution is 0.199. The van der Waals surface area contributed by atoms with Crippen LogP contribution in [0, 0.1) is 26.6 Å². The topological polar surface area (TPSA) is 23.5 Å². The normalized spacial score (nSPS) is 12.3. The average molecular weight is 287 g/mol. The van der Waals surface area contributed by atoms with Gasteiger partial charge >= 0.3 is 0 Å². The van der Waals surface area contributed by atoms with Gasteiger partial charge in [0.2, 0.25) is 0 Å². The van der Waals surface area contributed by atoms with Crippen molar-refractivity contribution in [2.24, 2.45) is 0 Å². The van der Waals surface area contributed by atoms with E-state index < -0.39 is 6.10 Å². The smallest absolute Gasteiger partial charge is 0.126 e. The highest BCUT2D eigenvalue weighted by atomic mass is 19.1. The molecule has 0 bridgehead atoms. The van der Waals surface area contributed by atoms with Crippen molar-refractivity contribution in [2.45, 2.75) is 33.8 Å². The molecule has 0 saturated carbocycles. The summed E-state index contributed by atoms with van der Waals surface area (Å²) in [6.07, 6.45) is -0.719. The van der Waals surface area contributed by atoms with Crippen LogP contribution < -0.4 is 4.90 Å². The van der Waals surface area contributed by atoms with Gasteiger partial charge in [-0.25, -0.2) is 4.39 Å². The van der Waals surface area contributed by atoms with Crippen LogP contribution >= 0.6 is 0 Å². The molecule has 3 heteroatoms. The Hall–Kier alpha value is -1.87. The van der Waals surface area contributed by atoms with Crippen LogP contribution in [0.3, 0.4) is 0 Å². The average Bonchev–Trinajstić information content (AvgIpc) is 2.40. The summed E-state index contributed by atoms with van der Waals surface area (Å²) in [5.41, 5.74) is 5.41. The molecule has 0 aromatic heterocycles. The predicted molar refractivity (Wildman–Crippen MR) is 85.7 cm³/mol. The number of aliphatic hydroxyl groups is 1. The summed E-state index contributed by atoms with van der Waals surface area (Å²) in [5.74, 6) is -0.288. The molecule has 2 aromatic rings. The van der Waals surface area contributed by atoms with Crippen LogP contribution in [0.25, 0.3) is 0 Å². The summed E-state index contributed by atoms with van der Waals surface area (Å²) in [7, 11) is 1.94. The van der Waals surface area contributed by atoms with E-state index in [-0.39, 0.29) is 5.82 Å². The Kier molecular flexibility index (Phi) is 4.33. The van der Waals surface area contributed by atoms with Crippen molar-refractivity contribution in [3.63, 3.8) is 0 Å². The molecule has 2 rings (SSSR count). The molecular formula is C18H22FNO. The maximum Gasteiger partial charge on any atom is 0.126 e. The second kappa shape index (κ2) is 5.86. The van der Waals surface area contributed by atoms with Crippen molar-refractivity contribution in [1.29, 1.82) is 0 Å². The SMILES string of the molecule is Cc1ccc(N(C)c2cc(C)c(F)cc2[C@@H](C)O)c(C)c1. The Bertz CT molecular complexity index is 665. The second-order valence-corrected chi connectivity index (χ2v) is 5.69. The summed E-state index contributed by atoms with van der Waals surface area (Å²) in [4.78, 5) is 2.00. The summed E-state index contributed by atoms with van der Waals surface area (Å²) < 4.78 is 13.8. The third kappa shape index (κ3) is 3.08. The van der Waals surface area contributed by atoms with Gasteiger partial charge in [-0.2, -0.15) is 0 Å². The summed E-state index contributed by atoms with van der Waals surface area (Å²) in [5, 5.41) is 9.94. The first-order chi connectivity index (χ1) is 9.81. The zero-order valence-corrected chi connectivity index (χ0v) is 13.2. The van der Waals surface area contributed by atoms with E-state index in [0.29, 0.717) is 11.1 Å². The molecule has 21 heavy (non-hydrogen) atoms. The van der Waals surface area contributed by atoms with Gasteiger partial charge in [-0.1, -0.05) is 17.7 Å². The minimum atomic E-state index is -0.719. The number of hydrogen-bond donors (Lipinski definition) is 1. The standard InChI is InChI=1S/C18H22FNO/c1-11-6-7-17(13(3)8-11)20(5)18-9-12(2)16(19)10-15(18)14(4)21/h6-10,14,21H,1-5H3/t14-/m1/s1. The molecule has 0 aliphatic rings. The van der Waals surface area contributed by atoms with Crippen LogP contribution in [0.1, 0.15) is 35.3 Å². The van der Waals surface area contributed by atoms with E-state index in [9.17, 15) is 9.50 Å². The zero-order valence-electron chi connectivity index (χ0n) is 13.2. The van der Waals surface area contributed by atoms with E-state index >= 15 is 0 Å². The first-order valence-electron chi connectivity index (χ1n) is 7.10. The van der Waals surface area contributed by atoms with E-state index in [1.807, 2.05) is 11.9 Å². The van der Waals surface area contributed by atoms with Crippen molar-refractivity contribution in [3.8, 4) is 0 Å². The van der Waals surface area contributed by atoms with Crippen LogP contribution in [0.5, 0.6) is 0 Å². The number of benzene rings is 2. The molecule has 0 heterocycles. The summed E-state index contributed by atoms with van der Waals surface area (Å²) >= 11 is 0. The Balaban J connectivity index is 2.57. The maximum absolute atomic E-state index is 13.8. The second-order valence-electron chi connectivity index (χ2n) is 5.69. The number of halogens is 1. The molecule has 1 atom stereocenters. The van der Waals surface area contributed by atoms with E-state index in [1.165, 1.54) is 11.6 Å². The predicted octanol–water partition coefficient (Wildman–Crippen LogP) is 4.57. The Labute approximate surface area is 125 Å². The Morgan fingerprint density at radius 1 is 1.00 bits per heavy atom. The monoisotopic (exact) mass is 287 g/mol. The van der Waals surface area contributed by atoms with Crippen molar-refractivity contribution in [3.05, 3.63) is 58.4 Å². The van der Waals surface area contributed by atoms with Crippen LogP contribution in [0.2, 0.25) is 0 Å². The van der Waals surface area contributed by atoms with Crippen LogP contribution in [0.15, 0.2) is 30.3 Å². The highest BCUT2D eigenvalue weighted by molar-refractivity contribution is 5.69. The molecule has 0 unspecified atom stereocenters. The molecular weight excluding hydrogens is 265 g/mol. The number of anilines is 2. The molecule has 2 aromatic carbocycles. The van der Waals surface area contributed by atoms with Crippen molar-refractivity contribution in [1.82, 2.24) is 0 Å². The third-order valence-corrected chi connectivity index (χ3v) is 3.83. The van der Waals surface area contributed by atoms with Crippen LogP contribution in [0.4, 0.5) is 15.8 Å². The number of aliphatic hydroxyl groups excluding tert-OH is 1. The number of rotatable bonds is 3. The summed E-state index contributed by atoms with van der Waals surface area (Å²) in [6, 6.07) is 9.43. The summed E-state index contributed by atoms with van der Waals surface area (Å²) in [6.45, 7) is 7.50. The van der Waals surface area contributed by atoms with Gasteiger partial charge in [0, 0.05) is 24.0 Å². The van der Waals surface area contributed by atoms with Crippen molar-refractivity contribution >= 4 is 11.4 Å². The maximum atomic E-state index is 13.8. The lowest BCUT2D eigenvalue weighted by Gasteiger charge is -2.26. The first kappa shape index (κ1) is 15.5. The van der Waals surface area contributed by atoms with E-state index in [0.717, 1.165) is 16.9 Å². The molecule has 0 fully saturated rings. The number of aryl methyl sites for hydroxylation is 3. The fourth-order valence-corrected chi connectivity index (χ4v) is 2.62. The van der Waals surface area contributed by atoms with Gasteiger partial charge < -0.3 is 10.0 Å².